The number of ether oxygens (including phenoxy) is 1. The van der Waals surface area contributed by atoms with Crippen molar-refractivity contribution in [2.24, 2.45) is 0 Å². The van der Waals surface area contributed by atoms with E-state index in [-0.39, 0.29) is 5.82 Å². The maximum Gasteiger partial charge on any atom is 0.343 e. The molecule has 1 aliphatic heterocycles. The zero-order valence-corrected chi connectivity index (χ0v) is 11.4. The van der Waals surface area contributed by atoms with Gasteiger partial charge in [-0.1, -0.05) is 0 Å². The summed E-state index contributed by atoms with van der Waals surface area (Å²) in [6.07, 6.45) is 1.31. The second-order valence-electron chi connectivity index (χ2n) is 3.75. The van der Waals surface area contributed by atoms with Crippen molar-refractivity contribution in [3.63, 3.8) is 0 Å². The van der Waals surface area contributed by atoms with Crippen LogP contribution in [0, 0.1) is 13.9 Å². The van der Waals surface area contributed by atoms with Gasteiger partial charge in [0.25, 0.3) is 3.83 Å². The fourth-order valence-corrected chi connectivity index (χ4v) is 2.39. The molecule has 0 aliphatic carbocycles. The molecule has 7 nitrogen and oxygen atoms in total. The zero-order chi connectivity index (χ0) is 12.3. The molecule has 1 aromatic heterocycles. The van der Waals surface area contributed by atoms with Crippen LogP contribution in [0.15, 0.2) is 6.20 Å². The largest absolute Gasteiger partial charge is 0.379 e. The van der Waals surface area contributed by atoms with Gasteiger partial charge in [-0.3, -0.25) is 4.90 Å². The normalized spacial score (nSPS) is 17.2. The van der Waals surface area contributed by atoms with Crippen LogP contribution in [-0.2, 0) is 11.3 Å². The number of hydrogen-bond acceptors (Lipinski definition) is 5. The van der Waals surface area contributed by atoms with Gasteiger partial charge in [0.1, 0.15) is 12.7 Å². The van der Waals surface area contributed by atoms with Crippen LogP contribution < -0.4 is 0 Å². The Hall–Kier alpha value is -0.740. The summed E-state index contributed by atoms with van der Waals surface area (Å²) >= 11 is 2.01. The van der Waals surface area contributed by atoms with Crippen molar-refractivity contribution in [3.8, 4) is 0 Å². The van der Waals surface area contributed by atoms with Gasteiger partial charge in [0.2, 0.25) is 0 Å². The fraction of sp³-hybridized carbons (Fsp3) is 0.667. The van der Waals surface area contributed by atoms with Gasteiger partial charge in [0, 0.05) is 42.2 Å². The number of halogens is 1. The molecular formula is C9H13IN4O3. The van der Waals surface area contributed by atoms with E-state index in [0.29, 0.717) is 10.4 Å². The Morgan fingerprint density at radius 1 is 1.47 bits per heavy atom. The second kappa shape index (κ2) is 5.74. The summed E-state index contributed by atoms with van der Waals surface area (Å²) in [6, 6.07) is 0. The van der Waals surface area contributed by atoms with E-state index < -0.39 is 4.92 Å². The highest BCUT2D eigenvalue weighted by Crippen LogP contribution is 2.15. The molecule has 0 unspecified atom stereocenters. The standard InChI is InChI=1S/C9H13IN4O3/c10-9-11-7-8(14(15)16)13(9)2-1-12-3-5-17-6-4-12/h7H,1-6H2. The smallest absolute Gasteiger partial charge is 0.343 e. The first-order chi connectivity index (χ1) is 8.18. The molecule has 0 amide bonds. The first-order valence-corrected chi connectivity index (χ1v) is 6.42. The number of aromatic nitrogens is 2. The first kappa shape index (κ1) is 12.7. The number of nitrogens with zero attached hydrogens (tertiary/aromatic N) is 4. The molecule has 1 aromatic rings. The summed E-state index contributed by atoms with van der Waals surface area (Å²) in [7, 11) is 0. The SMILES string of the molecule is O=[N+]([O-])c1cnc(I)n1CCN1CCOCC1. The Kier molecular flexibility index (Phi) is 4.29. The van der Waals surface area contributed by atoms with Crippen LogP contribution in [0.3, 0.4) is 0 Å². The summed E-state index contributed by atoms with van der Waals surface area (Å²) in [5, 5.41) is 10.8. The number of imidazole rings is 1. The van der Waals surface area contributed by atoms with Gasteiger partial charge in [-0.05, 0) is 4.92 Å². The predicted molar refractivity (Wildman–Crippen MR) is 68.9 cm³/mol. The Morgan fingerprint density at radius 2 is 2.18 bits per heavy atom. The van der Waals surface area contributed by atoms with E-state index in [1.54, 1.807) is 4.57 Å². The Balaban J connectivity index is 1.97. The van der Waals surface area contributed by atoms with E-state index in [2.05, 4.69) is 9.88 Å². The highest BCUT2D eigenvalue weighted by molar-refractivity contribution is 14.1. The summed E-state index contributed by atoms with van der Waals surface area (Å²) in [6.45, 7) is 4.63. The van der Waals surface area contributed by atoms with Crippen molar-refractivity contribution in [2.75, 3.05) is 32.8 Å². The Labute approximate surface area is 112 Å². The number of rotatable bonds is 4. The molecule has 2 rings (SSSR count). The Bertz CT molecular complexity index is 403. The third-order valence-corrected chi connectivity index (χ3v) is 3.58. The summed E-state index contributed by atoms with van der Waals surface area (Å²) in [4.78, 5) is 16.6. The van der Waals surface area contributed by atoms with Crippen molar-refractivity contribution >= 4 is 28.4 Å². The molecule has 0 atom stereocenters. The molecule has 8 heteroatoms. The van der Waals surface area contributed by atoms with E-state index in [9.17, 15) is 10.1 Å². The van der Waals surface area contributed by atoms with Crippen LogP contribution >= 0.6 is 22.6 Å². The van der Waals surface area contributed by atoms with Crippen LogP contribution in [0.25, 0.3) is 0 Å². The molecule has 17 heavy (non-hydrogen) atoms. The average molecular weight is 352 g/mol. The number of hydrogen-bond donors (Lipinski definition) is 0. The molecule has 0 bridgehead atoms. The van der Waals surface area contributed by atoms with Crippen LogP contribution in [-0.4, -0.2) is 52.2 Å². The number of nitro groups is 1. The maximum absolute atomic E-state index is 10.8. The van der Waals surface area contributed by atoms with E-state index in [1.165, 1.54) is 6.20 Å². The van der Waals surface area contributed by atoms with Gasteiger partial charge in [0.15, 0.2) is 0 Å². The molecule has 0 N–H and O–H groups in total. The highest BCUT2D eigenvalue weighted by Gasteiger charge is 2.19. The van der Waals surface area contributed by atoms with Gasteiger partial charge in [-0.15, -0.1) is 0 Å². The molecule has 1 saturated heterocycles. The minimum Gasteiger partial charge on any atom is -0.379 e. The molecule has 94 valence electrons. The topological polar surface area (TPSA) is 73.4 Å². The van der Waals surface area contributed by atoms with Crippen molar-refractivity contribution in [1.82, 2.24) is 14.5 Å². The lowest BCUT2D eigenvalue weighted by atomic mass is 10.4. The lowest BCUT2D eigenvalue weighted by Crippen LogP contribution is -2.38. The lowest BCUT2D eigenvalue weighted by Gasteiger charge is -2.25. The van der Waals surface area contributed by atoms with Gasteiger partial charge in [0.05, 0.1) is 13.2 Å². The van der Waals surface area contributed by atoms with E-state index >= 15 is 0 Å². The molecule has 2 heterocycles. The molecule has 0 spiro atoms. The quantitative estimate of drug-likeness (QED) is 0.454. The van der Waals surface area contributed by atoms with Gasteiger partial charge in [-0.2, -0.15) is 0 Å². The van der Waals surface area contributed by atoms with Crippen LogP contribution in [0.2, 0.25) is 0 Å². The monoisotopic (exact) mass is 352 g/mol. The van der Waals surface area contributed by atoms with Crippen LogP contribution in [0.1, 0.15) is 0 Å². The van der Waals surface area contributed by atoms with Crippen molar-refractivity contribution in [1.29, 1.82) is 0 Å². The summed E-state index contributed by atoms with van der Waals surface area (Å²) in [5.41, 5.74) is 0. The van der Waals surface area contributed by atoms with Gasteiger partial charge >= 0.3 is 5.82 Å². The average Bonchev–Trinajstić information content (AvgIpc) is 2.69. The Morgan fingerprint density at radius 3 is 2.82 bits per heavy atom. The molecule has 0 saturated carbocycles. The van der Waals surface area contributed by atoms with Crippen LogP contribution in [0.5, 0.6) is 0 Å². The van der Waals surface area contributed by atoms with E-state index in [0.717, 1.165) is 32.8 Å². The lowest BCUT2D eigenvalue weighted by molar-refractivity contribution is -0.392. The van der Waals surface area contributed by atoms with Crippen LogP contribution in [0.4, 0.5) is 5.82 Å². The summed E-state index contributed by atoms with van der Waals surface area (Å²) < 4.78 is 7.54. The first-order valence-electron chi connectivity index (χ1n) is 5.34. The van der Waals surface area contributed by atoms with Crippen molar-refractivity contribution < 1.29 is 9.66 Å². The zero-order valence-electron chi connectivity index (χ0n) is 9.21. The molecule has 0 radical (unpaired) electrons. The molecule has 0 aromatic carbocycles. The maximum atomic E-state index is 10.8. The molecular weight excluding hydrogens is 339 g/mol. The van der Waals surface area contributed by atoms with Gasteiger partial charge < -0.3 is 14.9 Å². The molecule has 1 aliphatic rings. The predicted octanol–water partition coefficient (Wildman–Crippen LogP) is 0.728. The minimum atomic E-state index is -0.394. The second-order valence-corrected chi connectivity index (χ2v) is 4.71. The minimum absolute atomic E-state index is 0.0580. The summed E-state index contributed by atoms with van der Waals surface area (Å²) in [5.74, 6) is 0.0580. The van der Waals surface area contributed by atoms with Crippen molar-refractivity contribution in [2.45, 2.75) is 6.54 Å². The van der Waals surface area contributed by atoms with E-state index in [4.69, 9.17) is 4.74 Å². The third kappa shape index (κ3) is 3.13. The van der Waals surface area contributed by atoms with Crippen molar-refractivity contribution in [3.05, 3.63) is 20.1 Å². The molecule has 1 fully saturated rings. The van der Waals surface area contributed by atoms with E-state index in [1.807, 2.05) is 22.6 Å². The fourth-order valence-electron chi connectivity index (χ4n) is 1.76. The third-order valence-electron chi connectivity index (χ3n) is 2.72. The number of morpholine rings is 1. The highest BCUT2D eigenvalue weighted by atomic mass is 127. The van der Waals surface area contributed by atoms with Gasteiger partial charge in [-0.25, -0.2) is 9.55 Å².